The first-order valence-corrected chi connectivity index (χ1v) is 9.75. The van der Waals surface area contributed by atoms with E-state index >= 15 is 0 Å². The smallest absolute Gasteiger partial charge is 0.194 e. The van der Waals surface area contributed by atoms with Crippen molar-refractivity contribution < 1.29 is 4.52 Å². The number of imidazole rings is 1. The molecular weight excluding hydrogens is 368 g/mol. The van der Waals surface area contributed by atoms with Crippen LogP contribution in [0.5, 0.6) is 0 Å². The molecule has 0 radical (unpaired) electrons. The largest absolute Gasteiger partial charge is 0.364 e. The van der Waals surface area contributed by atoms with Crippen molar-refractivity contribution >= 4 is 5.96 Å². The third-order valence-electron chi connectivity index (χ3n) is 5.09. The SMILES string of the molecule is CN=C(NCc1ccc(-n2ccnc2C)nc1)N1CCN(Cc2ccon2)CC1. The second kappa shape index (κ2) is 8.87. The number of rotatable bonds is 5. The van der Waals surface area contributed by atoms with Gasteiger partial charge in [0.1, 0.15) is 17.9 Å². The molecule has 0 saturated carbocycles. The van der Waals surface area contributed by atoms with Gasteiger partial charge in [-0.15, -0.1) is 0 Å². The van der Waals surface area contributed by atoms with Crippen LogP contribution in [0.3, 0.4) is 0 Å². The van der Waals surface area contributed by atoms with Gasteiger partial charge in [-0.05, 0) is 18.6 Å². The van der Waals surface area contributed by atoms with Crippen molar-refractivity contribution in [3.8, 4) is 5.82 Å². The van der Waals surface area contributed by atoms with Crippen LogP contribution < -0.4 is 5.32 Å². The van der Waals surface area contributed by atoms with Crippen molar-refractivity contribution in [1.82, 2.24) is 34.8 Å². The summed E-state index contributed by atoms with van der Waals surface area (Å²) in [5.74, 6) is 2.71. The Morgan fingerprint density at radius 3 is 2.66 bits per heavy atom. The Morgan fingerprint density at radius 2 is 2.03 bits per heavy atom. The molecule has 1 saturated heterocycles. The van der Waals surface area contributed by atoms with Gasteiger partial charge in [0.15, 0.2) is 5.96 Å². The van der Waals surface area contributed by atoms with Gasteiger partial charge in [-0.1, -0.05) is 11.2 Å². The molecule has 1 aliphatic heterocycles. The molecule has 3 aromatic rings. The van der Waals surface area contributed by atoms with Gasteiger partial charge in [-0.2, -0.15) is 0 Å². The summed E-state index contributed by atoms with van der Waals surface area (Å²) in [5.41, 5.74) is 2.08. The van der Waals surface area contributed by atoms with Crippen LogP contribution in [0.1, 0.15) is 17.1 Å². The third kappa shape index (κ3) is 4.62. The van der Waals surface area contributed by atoms with Crippen molar-refractivity contribution in [3.63, 3.8) is 0 Å². The molecule has 1 N–H and O–H groups in total. The lowest BCUT2D eigenvalue weighted by molar-refractivity contribution is 0.169. The number of nitrogens with zero attached hydrogens (tertiary/aromatic N) is 7. The average molecular weight is 394 g/mol. The van der Waals surface area contributed by atoms with Crippen molar-refractivity contribution in [2.45, 2.75) is 20.0 Å². The zero-order valence-corrected chi connectivity index (χ0v) is 16.8. The Labute approximate surface area is 170 Å². The standard InChI is InChI=1S/C20H26N8O/c1-16-22-6-7-28(16)19-4-3-17(13-23-19)14-24-20(21-2)27-10-8-26(9-11-27)15-18-5-12-29-25-18/h3-7,12-13H,8-11,14-15H2,1-2H3,(H,21,24). The average Bonchev–Trinajstić information content (AvgIpc) is 3.42. The summed E-state index contributed by atoms with van der Waals surface area (Å²) in [6.07, 6.45) is 7.21. The minimum atomic E-state index is 0.683. The van der Waals surface area contributed by atoms with Gasteiger partial charge in [-0.25, -0.2) is 9.97 Å². The maximum atomic E-state index is 4.92. The Kier molecular flexibility index (Phi) is 5.85. The third-order valence-corrected chi connectivity index (χ3v) is 5.09. The zero-order chi connectivity index (χ0) is 20.1. The van der Waals surface area contributed by atoms with Crippen molar-refractivity contribution in [3.05, 3.63) is 60.1 Å². The van der Waals surface area contributed by atoms with Crippen LogP contribution in [0.25, 0.3) is 5.82 Å². The van der Waals surface area contributed by atoms with Gasteiger partial charge < -0.3 is 14.7 Å². The van der Waals surface area contributed by atoms with E-state index in [9.17, 15) is 0 Å². The molecular formula is C20H26N8O. The summed E-state index contributed by atoms with van der Waals surface area (Å²) in [4.78, 5) is 17.9. The number of piperazine rings is 1. The zero-order valence-electron chi connectivity index (χ0n) is 16.8. The number of pyridine rings is 1. The van der Waals surface area contributed by atoms with E-state index in [2.05, 4.69) is 41.3 Å². The topological polar surface area (TPSA) is 87.6 Å². The highest BCUT2D eigenvalue weighted by Crippen LogP contribution is 2.10. The van der Waals surface area contributed by atoms with E-state index in [1.807, 2.05) is 43.1 Å². The van der Waals surface area contributed by atoms with Gasteiger partial charge >= 0.3 is 0 Å². The van der Waals surface area contributed by atoms with Crippen LogP contribution in [-0.4, -0.2) is 68.7 Å². The minimum Gasteiger partial charge on any atom is -0.364 e. The molecule has 9 heteroatoms. The van der Waals surface area contributed by atoms with Crippen LogP contribution in [0.4, 0.5) is 0 Å². The normalized spacial score (nSPS) is 15.7. The Balaban J connectivity index is 1.28. The first-order valence-electron chi connectivity index (χ1n) is 9.75. The highest BCUT2D eigenvalue weighted by atomic mass is 16.5. The van der Waals surface area contributed by atoms with Gasteiger partial charge in [0, 0.05) is 71.0 Å². The van der Waals surface area contributed by atoms with E-state index in [1.54, 1.807) is 12.5 Å². The van der Waals surface area contributed by atoms with Gasteiger partial charge in [0.05, 0.1) is 5.69 Å². The highest BCUT2D eigenvalue weighted by Gasteiger charge is 2.20. The Hall–Kier alpha value is -3.20. The second-order valence-corrected chi connectivity index (χ2v) is 7.02. The van der Waals surface area contributed by atoms with E-state index < -0.39 is 0 Å². The van der Waals surface area contributed by atoms with E-state index in [1.165, 1.54) is 0 Å². The van der Waals surface area contributed by atoms with Crippen molar-refractivity contribution in [2.24, 2.45) is 4.99 Å². The van der Waals surface area contributed by atoms with Crippen LogP contribution in [0.2, 0.25) is 0 Å². The van der Waals surface area contributed by atoms with E-state index in [4.69, 9.17) is 4.52 Å². The van der Waals surface area contributed by atoms with E-state index in [0.717, 1.165) is 61.6 Å². The lowest BCUT2D eigenvalue weighted by atomic mass is 10.2. The van der Waals surface area contributed by atoms with Crippen molar-refractivity contribution in [2.75, 3.05) is 33.2 Å². The number of aryl methyl sites for hydroxylation is 1. The Morgan fingerprint density at radius 1 is 1.17 bits per heavy atom. The fourth-order valence-corrected chi connectivity index (χ4v) is 3.46. The fraction of sp³-hybridized carbons (Fsp3) is 0.400. The first-order chi connectivity index (χ1) is 14.2. The molecule has 1 aliphatic rings. The van der Waals surface area contributed by atoms with Gasteiger partial charge in [0.25, 0.3) is 0 Å². The molecule has 4 heterocycles. The molecule has 9 nitrogen and oxygen atoms in total. The predicted molar refractivity (Wildman–Crippen MR) is 110 cm³/mol. The van der Waals surface area contributed by atoms with E-state index in [-0.39, 0.29) is 0 Å². The van der Waals surface area contributed by atoms with Crippen LogP contribution in [0.15, 0.2) is 52.6 Å². The van der Waals surface area contributed by atoms with Gasteiger partial charge in [-0.3, -0.25) is 14.5 Å². The van der Waals surface area contributed by atoms with Gasteiger partial charge in [0.2, 0.25) is 0 Å². The number of hydrogen-bond donors (Lipinski definition) is 1. The number of aromatic nitrogens is 4. The summed E-state index contributed by atoms with van der Waals surface area (Å²) in [5, 5.41) is 7.45. The molecule has 3 aromatic heterocycles. The van der Waals surface area contributed by atoms with Crippen molar-refractivity contribution in [1.29, 1.82) is 0 Å². The lowest BCUT2D eigenvalue weighted by Gasteiger charge is -2.36. The molecule has 0 atom stereocenters. The molecule has 4 rings (SSSR count). The Bertz CT molecular complexity index is 924. The van der Waals surface area contributed by atoms with Crippen LogP contribution in [-0.2, 0) is 13.1 Å². The number of hydrogen-bond acceptors (Lipinski definition) is 6. The van der Waals surface area contributed by atoms with Crippen LogP contribution in [0, 0.1) is 6.92 Å². The summed E-state index contributed by atoms with van der Waals surface area (Å²) in [7, 11) is 1.83. The highest BCUT2D eigenvalue weighted by molar-refractivity contribution is 5.80. The quantitative estimate of drug-likeness (QED) is 0.518. The first kappa shape index (κ1) is 19.1. The molecule has 0 spiro atoms. The summed E-state index contributed by atoms with van der Waals surface area (Å²) < 4.78 is 6.88. The molecule has 0 unspecified atom stereocenters. The monoisotopic (exact) mass is 394 g/mol. The molecule has 0 amide bonds. The molecule has 152 valence electrons. The molecule has 0 bridgehead atoms. The molecule has 0 aliphatic carbocycles. The maximum Gasteiger partial charge on any atom is 0.194 e. The fourth-order valence-electron chi connectivity index (χ4n) is 3.46. The second-order valence-electron chi connectivity index (χ2n) is 7.02. The molecule has 29 heavy (non-hydrogen) atoms. The maximum absolute atomic E-state index is 4.92. The summed E-state index contributed by atoms with van der Waals surface area (Å²) in [6.45, 7) is 7.25. The lowest BCUT2D eigenvalue weighted by Crippen LogP contribution is -2.52. The number of aliphatic imine (C=N–C) groups is 1. The van der Waals surface area contributed by atoms with Crippen LogP contribution >= 0.6 is 0 Å². The van der Waals surface area contributed by atoms with E-state index in [0.29, 0.717) is 6.54 Å². The predicted octanol–water partition coefficient (Wildman–Crippen LogP) is 1.46. The number of nitrogens with one attached hydrogen (secondary N) is 1. The summed E-state index contributed by atoms with van der Waals surface area (Å²) >= 11 is 0. The molecule has 0 aromatic carbocycles. The molecule has 1 fully saturated rings. The minimum absolute atomic E-state index is 0.683. The number of guanidine groups is 1. The summed E-state index contributed by atoms with van der Waals surface area (Å²) in [6, 6.07) is 6.01.